The molecule has 1 unspecified atom stereocenters. The van der Waals surface area contributed by atoms with E-state index in [1.54, 1.807) is 0 Å². The van der Waals surface area contributed by atoms with Crippen molar-refractivity contribution in [3.63, 3.8) is 0 Å². The highest BCUT2D eigenvalue weighted by Crippen LogP contribution is 2.32. The highest BCUT2D eigenvalue weighted by molar-refractivity contribution is 5.40. The summed E-state index contributed by atoms with van der Waals surface area (Å²) in [6, 6.07) is 17.8. The van der Waals surface area contributed by atoms with E-state index in [1.807, 2.05) is 0 Å². The van der Waals surface area contributed by atoms with Gasteiger partial charge in [0.25, 0.3) is 0 Å². The van der Waals surface area contributed by atoms with Gasteiger partial charge in [-0.15, -0.1) is 0 Å². The fraction of sp³-hybridized carbons (Fsp3) is 0.500. The second-order valence-electron chi connectivity index (χ2n) is 7.77. The largest absolute Gasteiger partial charge is 0.493 e. The van der Waals surface area contributed by atoms with Crippen molar-refractivity contribution in [2.75, 3.05) is 6.61 Å². The van der Waals surface area contributed by atoms with Gasteiger partial charge < -0.3 is 4.74 Å². The van der Waals surface area contributed by atoms with Gasteiger partial charge in [0.05, 0.1) is 6.61 Å². The molecule has 0 aliphatic heterocycles. The Balaban J connectivity index is 2.07. The number of aryl methyl sites for hydroxylation is 1. The van der Waals surface area contributed by atoms with Gasteiger partial charge >= 0.3 is 0 Å². The maximum atomic E-state index is 5.89. The van der Waals surface area contributed by atoms with Crippen LogP contribution in [0.4, 0.5) is 0 Å². The van der Waals surface area contributed by atoms with E-state index in [4.69, 9.17) is 4.74 Å². The van der Waals surface area contributed by atoms with E-state index in [0.29, 0.717) is 5.92 Å². The first kappa shape index (κ1) is 19.6. The van der Waals surface area contributed by atoms with Crippen molar-refractivity contribution in [2.45, 2.75) is 65.7 Å². The molecule has 0 aliphatic rings. The van der Waals surface area contributed by atoms with Gasteiger partial charge in [-0.2, -0.15) is 0 Å². The van der Waals surface area contributed by atoms with Crippen LogP contribution in [0.2, 0.25) is 0 Å². The van der Waals surface area contributed by atoms with Crippen molar-refractivity contribution in [2.24, 2.45) is 5.92 Å². The molecular weight excluding hydrogens is 304 g/mol. The smallest absolute Gasteiger partial charge is 0.119 e. The van der Waals surface area contributed by atoms with Crippen LogP contribution in [0.3, 0.4) is 0 Å². The zero-order valence-electron chi connectivity index (χ0n) is 16.6. The van der Waals surface area contributed by atoms with Crippen molar-refractivity contribution in [3.8, 4) is 5.75 Å². The van der Waals surface area contributed by atoms with E-state index in [2.05, 4.69) is 83.1 Å². The normalized spacial score (nSPS) is 12.8. The quantitative estimate of drug-likeness (QED) is 0.489. The third-order valence-electron chi connectivity index (χ3n) is 5.30. The average molecular weight is 339 g/mol. The summed E-state index contributed by atoms with van der Waals surface area (Å²) in [6.07, 6.45) is 4.85. The Morgan fingerprint density at radius 2 is 1.44 bits per heavy atom. The van der Waals surface area contributed by atoms with Gasteiger partial charge in [-0.3, -0.25) is 0 Å². The molecule has 0 aromatic heterocycles. The van der Waals surface area contributed by atoms with E-state index in [0.717, 1.165) is 18.8 Å². The summed E-state index contributed by atoms with van der Waals surface area (Å²) in [5.41, 5.74) is 4.12. The molecule has 0 radical (unpaired) electrons. The lowest BCUT2D eigenvalue weighted by Gasteiger charge is -2.26. The third-order valence-corrected chi connectivity index (χ3v) is 5.30. The second-order valence-corrected chi connectivity index (χ2v) is 7.77. The summed E-state index contributed by atoms with van der Waals surface area (Å²) in [5, 5.41) is 0. The van der Waals surface area contributed by atoms with E-state index < -0.39 is 0 Å². The predicted octanol–water partition coefficient (Wildman–Crippen LogP) is 6.78. The molecule has 1 atom stereocenters. The summed E-state index contributed by atoms with van der Waals surface area (Å²) in [4.78, 5) is 0. The first-order chi connectivity index (χ1) is 12.0. The zero-order chi connectivity index (χ0) is 18.3. The monoisotopic (exact) mass is 338 g/mol. The van der Waals surface area contributed by atoms with Crippen LogP contribution in [0.25, 0.3) is 0 Å². The van der Waals surface area contributed by atoms with Crippen LogP contribution >= 0.6 is 0 Å². The maximum Gasteiger partial charge on any atom is 0.119 e. The molecule has 25 heavy (non-hydrogen) atoms. The second kappa shape index (κ2) is 9.08. The van der Waals surface area contributed by atoms with Crippen LogP contribution in [-0.2, 0) is 11.8 Å². The van der Waals surface area contributed by atoms with E-state index in [9.17, 15) is 0 Å². The molecule has 1 nitrogen and oxygen atoms in total. The van der Waals surface area contributed by atoms with Crippen LogP contribution in [-0.4, -0.2) is 6.61 Å². The molecule has 2 rings (SSSR count). The molecule has 0 N–H and O–H groups in total. The molecule has 0 heterocycles. The Hall–Kier alpha value is -1.76. The van der Waals surface area contributed by atoms with Crippen molar-refractivity contribution in [1.82, 2.24) is 0 Å². The topological polar surface area (TPSA) is 9.23 Å². The summed E-state index contributed by atoms with van der Waals surface area (Å²) in [6.45, 7) is 12.0. The lowest BCUT2D eigenvalue weighted by atomic mass is 9.78. The summed E-state index contributed by atoms with van der Waals surface area (Å²) in [5.74, 6) is 1.57. The Kier molecular flexibility index (Phi) is 7.11. The SMILES string of the molecule is CCCCc1ccc(C(C)(C)c2ccc(OCC(C)CC)cc2)cc1. The molecule has 0 saturated heterocycles. The average Bonchev–Trinajstić information content (AvgIpc) is 2.65. The van der Waals surface area contributed by atoms with Crippen LogP contribution in [0.1, 0.15) is 70.6 Å². The lowest BCUT2D eigenvalue weighted by Crippen LogP contribution is -2.18. The summed E-state index contributed by atoms with van der Waals surface area (Å²) in [7, 11) is 0. The Bertz CT molecular complexity index is 622. The third kappa shape index (κ3) is 5.36. The predicted molar refractivity (Wildman–Crippen MR) is 109 cm³/mol. The molecule has 0 fully saturated rings. The van der Waals surface area contributed by atoms with E-state index >= 15 is 0 Å². The number of hydrogen-bond acceptors (Lipinski definition) is 1. The number of rotatable bonds is 9. The highest BCUT2D eigenvalue weighted by Gasteiger charge is 2.23. The fourth-order valence-electron chi connectivity index (χ4n) is 2.96. The van der Waals surface area contributed by atoms with Gasteiger partial charge in [0.1, 0.15) is 5.75 Å². The van der Waals surface area contributed by atoms with Crippen molar-refractivity contribution in [1.29, 1.82) is 0 Å². The summed E-state index contributed by atoms with van der Waals surface area (Å²) < 4.78 is 5.89. The standard InChI is InChI=1S/C24H34O/c1-6-8-9-20-10-12-21(13-11-20)24(4,5)22-14-16-23(17-15-22)25-18-19(3)7-2/h10-17,19H,6-9,18H2,1-5H3. The van der Waals surface area contributed by atoms with Gasteiger partial charge in [-0.1, -0.05) is 83.9 Å². The lowest BCUT2D eigenvalue weighted by molar-refractivity contribution is 0.256. The van der Waals surface area contributed by atoms with E-state index in [1.165, 1.54) is 36.0 Å². The molecule has 0 bridgehead atoms. The van der Waals surface area contributed by atoms with Crippen LogP contribution in [0.15, 0.2) is 48.5 Å². The van der Waals surface area contributed by atoms with Gasteiger partial charge in [-0.05, 0) is 47.6 Å². The van der Waals surface area contributed by atoms with Crippen LogP contribution < -0.4 is 4.74 Å². The molecule has 0 aliphatic carbocycles. The van der Waals surface area contributed by atoms with Crippen molar-refractivity contribution < 1.29 is 4.74 Å². The Morgan fingerprint density at radius 1 is 0.880 bits per heavy atom. The van der Waals surface area contributed by atoms with Gasteiger partial charge in [-0.25, -0.2) is 0 Å². The van der Waals surface area contributed by atoms with Crippen LogP contribution in [0.5, 0.6) is 5.75 Å². The molecule has 136 valence electrons. The number of hydrogen-bond donors (Lipinski definition) is 0. The number of ether oxygens (including phenoxy) is 1. The number of benzene rings is 2. The highest BCUT2D eigenvalue weighted by atomic mass is 16.5. The maximum absolute atomic E-state index is 5.89. The van der Waals surface area contributed by atoms with Crippen molar-refractivity contribution in [3.05, 3.63) is 65.2 Å². The molecule has 0 spiro atoms. The first-order valence-corrected chi connectivity index (χ1v) is 9.80. The molecular formula is C24H34O. The van der Waals surface area contributed by atoms with Crippen molar-refractivity contribution >= 4 is 0 Å². The Labute approximate surface area is 154 Å². The minimum atomic E-state index is -0.00146. The van der Waals surface area contributed by atoms with E-state index in [-0.39, 0.29) is 5.41 Å². The zero-order valence-corrected chi connectivity index (χ0v) is 16.6. The summed E-state index contributed by atoms with van der Waals surface area (Å²) >= 11 is 0. The minimum Gasteiger partial charge on any atom is -0.493 e. The molecule has 1 heteroatoms. The number of unbranched alkanes of at least 4 members (excludes halogenated alkanes) is 1. The molecule has 2 aromatic rings. The van der Waals surface area contributed by atoms with Gasteiger partial charge in [0, 0.05) is 5.41 Å². The first-order valence-electron chi connectivity index (χ1n) is 9.80. The fourth-order valence-corrected chi connectivity index (χ4v) is 2.96. The van der Waals surface area contributed by atoms with Crippen LogP contribution in [0, 0.1) is 5.92 Å². The molecule has 2 aromatic carbocycles. The Morgan fingerprint density at radius 3 is 1.96 bits per heavy atom. The molecule has 0 amide bonds. The van der Waals surface area contributed by atoms with Gasteiger partial charge in [0.2, 0.25) is 0 Å². The minimum absolute atomic E-state index is 0.00146. The van der Waals surface area contributed by atoms with Gasteiger partial charge in [0.15, 0.2) is 0 Å². The molecule has 0 saturated carbocycles.